The largest absolute Gasteiger partial charge is 0.486 e. The first-order valence-corrected chi connectivity index (χ1v) is 6.46. The maximum absolute atomic E-state index is 12.2. The molecule has 0 atom stereocenters. The third-order valence-corrected chi connectivity index (χ3v) is 3.26. The summed E-state index contributed by atoms with van der Waals surface area (Å²) in [4.78, 5) is 17.1. The van der Waals surface area contributed by atoms with Gasteiger partial charge in [-0.1, -0.05) is 0 Å². The number of hydrogen-bond acceptors (Lipinski definition) is 5. The summed E-state index contributed by atoms with van der Waals surface area (Å²) in [6, 6.07) is 5.50. The topological polar surface area (TPSA) is 76.7 Å². The summed E-state index contributed by atoms with van der Waals surface area (Å²) >= 11 is 0. The van der Waals surface area contributed by atoms with Gasteiger partial charge in [0, 0.05) is 12.6 Å². The van der Waals surface area contributed by atoms with Crippen LogP contribution in [0, 0.1) is 0 Å². The van der Waals surface area contributed by atoms with Crippen LogP contribution in [0.5, 0.6) is 11.5 Å². The number of hydroxylamine groups is 2. The van der Waals surface area contributed by atoms with Crippen LogP contribution in [0.4, 0.5) is 0 Å². The van der Waals surface area contributed by atoms with Crippen molar-refractivity contribution in [1.29, 1.82) is 0 Å². The van der Waals surface area contributed by atoms with E-state index in [2.05, 4.69) is 10.2 Å². The zero-order valence-electron chi connectivity index (χ0n) is 11.8. The van der Waals surface area contributed by atoms with Gasteiger partial charge in [0.05, 0.1) is 24.6 Å². The molecule has 21 heavy (non-hydrogen) atoms. The van der Waals surface area contributed by atoms with Crippen molar-refractivity contribution < 1.29 is 19.1 Å². The number of aromatic amines is 1. The Labute approximate surface area is 121 Å². The number of nitrogens with one attached hydrogen (secondary N) is 1. The number of aromatic nitrogens is 2. The smallest absolute Gasteiger partial charge is 0.280 e. The van der Waals surface area contributed by atoms with Crippen molar-refractivity contribution in [2.75, 3.05) is 27.4 Å². The molecule has 2 aromatic rings. The molecule has 1 aliphatic rings. The highest BCUT2D eigenvalue weighted by atomic mass is 16.7. The Morgan fingerprint density at radius 2 is 2.10 bits per heavy atom. The molecule has 3 rings (SSSR count). The van der Waals surface area contributed by atoms with E-state index >= 15 is 0 Å². The minimum atomic E-state index is -0.281. The summed E-state index contributed by atoms with van der Waals surface area (Å²) < 4.78 is 11.0. The van der Waals surface area contributed by atoms with Gasteiger partial charge in [-0.2, -0.15) is 5.10 Å². The Morgan fingerprint density at radius 1 is 1.33 bits per heavy atom. The summed E-state index contributed by atoms with van der Waals surface area (Å²) in [7, 11) is 2.98. The predicted octanol–water partition coefficient (Wildman–Crippen LogP) is 1.48. The fraction of sp³-hybridized carbons (Fsp3) is 0.286. The highest BCUT2D eigenvalue weighted by Gasteiger charge is 2.20. The Bertz CT molecular complexity index is 668. The van der Waals surface area contributed by atoms with Gasteiger partial charge in [0.25, 0.3) is 5.91 Å². The van der Waals surface area contributed by atoms with Crippen molar-refractivity contribution in [3.05, 3.63) is 30.0 Å². The molecule has 0 spiro atoms. The number of carbonyl (C=O) groups is 1. The molecule has 2 heterocycles. The number of ether oxygens (including phenoxy) is 2. The predicted molar refractivity (Wildman–Crippen MR) is 74.1 cm³/mol. The van der Waals surface area contributed by atoms with E-state index in [9.17, 15) is 4.79 Å². The second-order valence-electron chi connectivity index (χ2n) is 4.50. The van der Waals surface area contributed by atoms with Crippen LogP contribution < -0.4 is 9.47 Å². The average molecular weight is 289 g/mol. The van der Waals surface area contributed by atoms with Crippen LogP contribution in [0.15, 0.2) is 24.4 Å². The van der Waals surface area contributed by atoms with E-state index in [0.717, 1.165) is 10.6 Å². The summed E-state index contributed by atoms with van der Waals surface area (Å²) in [6.45, 7) is 1.05. The maximum Gasteiger partial charge on any atom is 0.280 e. The van der Waals surface area contributed by atoms with E-state index < -0.39 is 0 Å². The van der Waals surface area contributed by atoms with Crippen LogP contribution in [0.2, 0.25) is 0 Å². The number of rotatable bonds is 3. The van der Waals surface area contributed by atoms with Gasteiger partial charge in [-0.15, -0.1) is 0 Å². The summed E-state index contributed by atoms with van der Waals surface area (Å²) in [5.41, 5.74) is 1.83. The Morgan fingerprint density at radius 3 is 2.86 bits per heavy atom. The van der Waals surface area contributed by atoms with Gasteiger partial charge in [-0.3, -0.25) is 14.7 Å². The molecule has 7 nitrogen and oxygen atoms in total. The van der Waals surface area contributed by atoms with Gasteiger partial charge in [-0.05, 0) is 18.2 Å². The van der Waals surface area contributed by atoms with Gasteiger partial charge >= 0.3 is 0 Å². The molecule has 1 aromatic heterocycles. The van der Waals surface area contributed by atoms with Crippen molar-refractivity contribution in [3.8, 4) is 22.8 Å². The SMILES string of the molecule is CON(C)C(=O)c1cn[nH]c1-c1ccc2c(c1)OCCO2. The molecule has 1 amide bonds. The number of H-pyrrole nitrogens is 1. The molecule has 0 aliphatic carbocycles. The van der Waals surface area contributed by atoms with Gasteiger partial charge < -0.3 is 9.47 Å². The second-order valence-corrected chi connectivity index (χ2v) is 4.50. The van der Waals surface area contributed by atoms with E-state index in [0.29, 0.717) is 36.0 Å². The molecular formula is C14H15N3O4. The molecule has 1 aliphatic heterocycles. The van der Waals surface area contributed by atoms with Crippen molar-refractivity contribution in [2.45, 2.75) is 0 Å². The van der Waals surface area contributed by atoms with Gasteiger partial charge in [0.15, 0.2) is 11.5 Å². The third-order valence-electron chi connectivity index (χ3n) is 3.26. The second kappa shape index (κ2) is 5.45. The number of nitrogens with zero attached hydrogens (tertiary/aromatic N) is 2. The molecule has 0 saturated heterocycles. The van der Waals surface area contributed by atoms with Crippen molar-refractivity contribution in [3.63, 3.8) is 0 Å². The van der Waals surface area contributed by atoms with Crippen LogP contribution >= 0.6 is 0 Å². The molecular weight excluding hydrogens is 274 g/mol. The van der Waals surface area contributed by atoms with Crippen LogP contribution in [-0.4, -0.2) is 48.5 Å². The lowest BCUT2D eigenvalue weighted by atomic mass is 10.1. The van der Waals surface area contributed by atoms with Gasteiger partial charge in [-0.25, -0.2) is 5.06 Å². The quantitative estimate of drug-likeness (QED) is 0.866. The molecule has 0 bridgehead atoms. The normalized spacial score (nSPS) is 13.0. The maximum atomic E-state index is 12.2. The third kappa shape index (κ3) is 2.43. The minimum Gasteiger partial charge on any atom is -0.486 e. The highest BCUT2D eigenvalue weighted by Crippen LogP contribution is 2.34. The standard InChI is InChI=1S/C14H15N3O4/c1-17(19-2)14(18)10-8-15-16-13(10)9-3-4-11-12(7-9)21-6-5-20-11/h3-4,7-8H,5-6H2,1-2H3,(H,15,16). The van der Waals surface area contributed by atoms with Crippen LogP contribution in [0.1, 0.15) is 10.4 Å². The molecule has 1 N–H and O–H groups in total. The van der Waals surface area contributed by atoms with Gasteiger partial charge in [0.2, 0.25) is 0 Å². The molecule has 7 heteroatoms. The van der Waals surface area contributed by atoms with Crippen LogP contribution in [0.25, 0.3) is 11.3 Å². The van der Waals surface area contributed by atoms with Crippen molar-refractivity contribution >= 4 is 5.91 Å². The van der Waals surface area contributed by atoms with E-state index in [-0.39, 0.29) is 5.91 Å². The van der Waals surface area contributed by atoms with Gasteiger partial charge in [0.1, 0.15) is 13.2 Å². The number of hydrogen-bond donors (Lipinski definition) is 1. The molecule has 1 aromatic carbocycles. The fourth-order valence-corrected chi connectivity index (χ4v) is 2.12. The summed E-state index contributed by atoms with van der Waals surface area (Å²) in [5, 5.41) is 7.93. The van der Waals surface area contributed by atoms with Crippen LogP contribution in [0.3, 0.4) is 0 Å². The molecule has 0 unspecified atom stereocenters. The number of amides is 1. The first-order chi connectivity index (χ1) is 10.2. The summed E-state index contributed by atoms with van der Waals surface area (Å²) in [6.07, 6.45) is 1.48. The number of benzene rings is 1. The lowest BCUT2D eigenvalue weighted by molar-refractivity contribution is -0.0756. The highest BCUT2D eigenvalue weighted by molar-refractivity contribution is 5.99. The zero-order valence-corrected chi connectivity index (χ0v) is 11.8. The molecule has 110 valence electrons. The van der Waals surface area contributed by atoms with E-state index in [1.807, 2.05) is 18.2 Å². The fourth-order valence-electron chi connectivity index (χ4n) is 2.12. The minimum absolute atomic E-state index is 0.281. The first-order valence-electron chi connectivity index (χ1n) is 6.46. The number of carbonyl (C=O) groups excluding carboxylic acids is 1. The zero-order chi connectivity index (χ0) is 14.8. The molecule has 0 radical (unpaired) electrons. The Kier molecular flexibility index (Phi) is 3.49. The molecule has 0 saturated carbocycles. The number of fused-ring (bicyclic) bond motifs is 1. The van der Waals surface area contributed by atoms with Crippen molar-refractivity contribution in [1.82, 2.24) is 15.3 Å². The molecule has 0 fully saturated rings. The van der Waals surface area contributed by atoms with E-state index in [1.165, 1.54) is 13.3 Å². The van der Waals surface area contributed by atoms with E-state index in [4.69, 9.17) is 14.3 Å². The lowest BCUT2D eigenvalue weighted by Crippen LogP contribution is -2.25. The average Bonchev–Trinajstić information content (AvgIpc) is 3.02. The Balaban J connectivity index is 1.98. The van der Waals surface area contributed by atoms with Crippen molar-refractivity contribution in [2.24, 2.45) is 0 Å². The summed E-state index contributed by atoms with van der Waals surface area (Å²) in [5.74, 6) is 1.08. The Hall–Kier alpha value is -2.54. The lowest BCUT2D eigenvalue weighted by Gasteiger charge is -2.19. The first kappa shape index (κ1) is 13.4. The monoisotopic (exact) mass is 289 g/mol. The van der Waals surface area contributed by atoms with E-state index in [1.54, 1.807) is 7.05 Å². The van der Waals surface area contributed by atoms with Crippen LogP contribution in [-0.2, 0) is 4.84 Å².